The molecule has 7 nitrogen and oxygen atoms in total. The Kier molecular flexibility index (Phi) is 7.55. The van der Waals surface area contributed by atoms with Gasteiger partial charge in [0.2, 0.25) is 0 Å². The van der Waals surface area contributed by atoms with E-state index in [9.17, 15) is 0 Å². The number of methoxy groups -OCH3 is 1. The fourth-order valence-electron chi connectivity index (χ4n) is 3.12. The smallest absolute Gasteiger partial charge is 0.191 e. The van der Waals surface area contributed by atoms with Gasteiger partial charge in [-0.1, -0.05) is 12.1 Å². The third-order valence-electron chi connectivity index (χ3n) is 4.40. The molecule has 2 heterocycles. The molecule has 26 heavy (non-hydrogen) atoms. The van der Waals surface area contributed by atoms with Crippen molar-refractivity contribution in [3.63, 3.8) is 0 Å². The molecule has 8 heteroatoms. The van der Waals surface area contributed by atoms with Crippen LogP contribution in [0.4, 0.5) is 5.69 Å². The zero-order chi connectivity index (χ0) is 17.6. The molecular formula is C18H27IN6O. The number of anilines is 1. The largest absolute Gasteiger partial charge is 0.495 e. The van der Waals surface area contributed by atoms with E-state index < -0.39 is 0 Å². The predicted octanol–water partition coefficient (Wildman–Crippen LogP) is 1.99. The molecule has 1 aliphatic heterocycles. The number of hydrogen-bond donors (Lipinski definition) is 2. The summed E-state index contributed by atoms with van der Waals surface area (Å²) in [5.74, 6) is 1.73. The lowest BCUT2D eigenvalue weighted by Gasteiger charge is -2.22. The Morgan fingerprint density at radius 3 is 2.88 bits per heavy atom. The van der Waals surface area contributed by atoms with Gasteiger partial charge in [-0.15, -0.1) is 24.0 Å². The van der Waals surface area contributed by atoms with Crippen LogP contribution in [0.25, 0.3) is 0 Å². The number of nitrogens with one attached hydrogen (secondary N) is 2. The Morgan fingerprint density at radius 1 is 1.38 bits per heavy atom. The molecule has 1 aromatic heterocycles. The molecule has 0 saturated carbocycles. The first-order chi connectivity index (χ1) is 12.2. The van der Waals surface area contributed by atoms with Crippen LogP contribution in [0.15, 0.2) is 41.7 Å². The number of ether oxygens (including phenoxy) is 1. The number of halogens is 1. The van der Waals surface area contributed by atoms with Crippen molar-refractivity contribution in [2.24, 2.45) is 12.0 Å². The van der Waals surface area contributed by atoms with Gasteiger partial charge in [0, 0.05) is 51.5 Å². The maximum Gasteiger partial charge on any atom is 0.191 e. The highest BCUT2D eigenvalue weighted by molar-refractivity contribution is 14.0. The number of aliphatic imine (C=N–C) groups is 1. The molecular weight excluding hydrogens is 443 g/mol. The molecule has 0 radical (unpaired) electrons. The first-order valence-electron chi connectivity index (χ1n) is 8.52. The lowest BCUT2D eigenvalue weighted by Crippen LogP contribution is -2.44. The van der Waals surface area contributed by atoms with Crippen molar-refractivity contribution in [3.8, 4) is 5.75 Å². The van der Waals surface area contributed by atoms with E-state index in [0.29, 0.717) is 12.6 Å². The summed E-state index contributed by atoms with van der Waals surface area (Å²) >= 11 is 0. The van der Waals surface area contributed by atoms with Gasteiger partial charge in [0.25, 0.3) is 0 Å². The number of aromatic nitrogens is 2. The van der Waals surface area contributed by atoms with E-state index in [1.54, 1.807) is 18.8 Å². The molecule has 2 N–H and O–H groups in total. The summed E-state index contributed by atoms with van der Waals surface area (Å²) in [5, 5.41) is 11.0. The highest BCUT2D eigenvalue weighted by Crippen LogP contribution is 2.30. The molecule has 0 aliphatic carbocycles. The van der Waals surface area contributed by atoms with Crippen LogP contribution < -0.4 is 20.3 Å². The molecule has 0 spiro atoms. The topological polar surface area (TPSA) is 66.7 Å². The van der Waals surface area contributed by atoms with E-state index in [1.165, 1.54) is 0 Å². The van der Waals surface area contributed by atoms with Crippen molar-refractivity contribution in [1.82, 2.24) is 20.4 Å². The van der Waals surface area contributed by atoms with E-state index in [4.69, 9.17) is 4.74 Å². The molecule has 142 valence electrons. The summed E-state index contributed by atoms with van der Waals surface area (Å²) in [6, 6.07) is 8.51. The van der Waals surface area contributed by atoms with Crippen LogP contribution in [-0.4, -0.2) is 49.0 Å². The average molecular weight is 470 g/mol. The minimum atomic E-state index is 0. The monoisotopic (exact) mass is 470 g/mol. The van der Waals surface area contributed by atoms with Crippen molar-refractivity contribution in [1.29, 1.82) is 0 Å². The third kappa shape index (κ3) is 5.03. The molecule has 2 aromatic rings. The zero-order valence-electron chi connectivity index (χ0n) is 15.5. The lowest BCUT2D eigenvalue weighted by molar-refractivity contribution is 0.415. The summed E-state index contributed by atoms with van der Waals surface area (Å²) in [7, 11) is 5.43. The van der Waals surface area contributed by atoms with Gasteiger partial charge in [0.05, 0.1) is 19.0 Å². The number of para-hydroxylation sites is 2. The van der Waals surface area contributed by atoms with Gasteiger partial charge in [-0.2, -0.15) is 5.10 Å². The van der Waals surface area contributed by atoms with Gasteiger partial charge < -0.3 is 20.3 Å². The SMILES string of the molecule is CN=C(NCc1cnn(C)c1)NC1CCN(c2ccccc2OC)C1.I. The summed E-state index contributed by atoms with van der Waals surface area (Å²) in [6.07, 6.45) is 4.92. The molecule has 0 amide bonds. The number of hydrogen-bond acceptors (Lipinski definition) is 4. The van der Waals surface area contributed by atoms with Crippen molar-refractivity contribution in [2.75, 3.05) is 32.1 Å². The Morgan fingerprint density at radius 2 is 2.19 bits per heavy atom. The second-order valence-corrected chi connectivity index (χ2v) is 6.20. The van der Waals surface area contributed by atoms with Crippen LogP contribution in [0, 0.1) is 0 Å². The minimum absolute atomic E-state index is 0. The van der Waals surface area contributed by atoms with Crippen molar-refractivity contribution < 1.29 is 4.74 Å². The molecule has 0 bridgehead atoms. The summed E-state index contributed by atoms with van der Waals surface area (Å²) in [4.78, 5) is 6.68. The third-order valence-corrected chi connectivity index (χ3v) is 4.40. The van der Waals surface area contributed by atoms with Crippen LogP contribution in [0.1, 0.15) is 12.0 Å². The molecule has 1 fully saturated rings. The number of guanidine groups is 1. The Labute approximate surface area is 171 Å². The van der Waals surface area contributed by atoms with Crippen LogP contribution in [0.2, 0.25) is 0 Å². The lowest BCUT2D eigenvalue weighted by atomic mass is 10.2. The quantitative estimate of drug-likeness (QED) is 0.398. The van der Waals surface area contributed by atoms with E-state index in [2.05, 4.69) is 31.7 Å². The molecule has 1 saturated heterocycles. The van der Waals surface area contributed by atoms with Gasteiger partial charge >= 0.3 is 0 Å². The highest BCUT2D eigenvalue weighted by atomic mass is 127. The van der Waals surface area contributed by atoms with Crippen LogP contribution in [-0.2, 0) is 13.6 Å². The normalized spacial score (nSPS) is 17.0. The standard InChI is InChI=1S/C18H26N6O.HI/c1-19-18(20-10-14-11-21-23(2)12-14)22-15-8-9-24(13-15)16-6-4-5-7-17(16)25-3;/h4-7,11-12,15H,8-10,13H2,1-3H3,(H2,19,20,22);1H. The highest BCUT2D eigenvalue weighted by Gasteiger charge is 2.25. The maximum absolute atomic E-state index is 5.48. The number of nitrogens with zero attached hydrogens (tertiary/aromatic N) is 4. The molecule has 3 rings (SSSR count). The fraction of sp³-hybridized carbons (Fsp3) is 0.444. The molecule has 1 atom stereocenters. The Balaban J connectivity index is 0.00000243. The minimum Gasteiger partial charge on any atom is -0.495 e. The van der Waals surface area contributed by atoms with Crippen LogP contribution in [0.3, 0.4) is 0 Å². The zero-order valence-corrected chi connectivity index (χ0v) is 17.8. The fourth-order valence-corrected chi connectivity index (χ4v) is 3.12. The van der Waals surface area contributed by atoms with Crippen molar-refractivity contribution in [3.05, 3.63) is 42.2 Å². The van der Waals surface area contributed by atoms with Crippen molar-refractivity contribution in [2.45, 2.75) is 19.0 Å². The number of rotatable bonds is 5. The molecule has 1 aliphatic rings. The van der Waals surface area contributed by atoms with E-state index in [-0.39, 0.29) is 24.0 Å². The summed E-state index contributed by atoms with van der Waals surface area (Å²) < 4.78 is 7.28. The first-order valence-corrected chi connectivity index (χ1v) is 8.52. The predicted molar refractivity (Wildman–Crippen MR) is 116 cm³/mol. The summed E-state index contributed by atoms with van der Waals surface area (Å²) in [6.45, 7) is 2.63. The Hall–Kier alpha value is -1.97. The van der Waals surface area contributed by atoms with Gasteiger partial charge in [-0.3, -0.25) is 9.67 Å². The molecule has 1 aromatic carbocycles. The van der Waals surface area contributed by atoms with Gasteiger partial charge in [0.15, 0.2) is 5.96 Å². The van der Waals surface area contributed by atoms with Gasteiger partial charge in [0.1, 0.15) is 5.75 Å². The number of benzene rings is 1. The van der Waals surface area contributed by atoms with E-state index in [1.807, 2.05) is 37.6 Å². The number of aryl methyl sites for hydroxylation is 1. The maximum atomic E-state index is 5.48. The summed E-state index contributed by atoms with van der Waals surface area (Å²) in [5.41, 5.74) is 2.28. The van der Waals surface area contributed by atoms with Gasteiger partial charge in [-0.25, -0.2) is 0 Å². The first kappa shape index (κ1) is 20.3. The van der Waals surface area contributed by atoms with Crippen LogP contribution >= 0.6 is 24.0 Å². The van der Waals surface area contributed by atoms with E-state index in [0.717, 1.165) is 42.5 Å². The second-order valence-electron chi connectivity index (χ2n) is 6.20. The van der Waals surface area contributed by atoms with Gasteiger partial charge in [-0.05, 0) is 18.6 Å². The second kappa shape index (κ2) is 9.65. The average Bonchev–Trinajstić information content (AvgIpc) is 3.27. The Bertz CT molecular complexity index is 732. The van der Waals surface area contributed by atoms with Crippen molar-refractivity contribution >= 4 is 35.6 Å². The van der Waals surface area contributed by atoms with E-state index >= 15 is 0 Å². The van der Waals surface area contributed by atoms with Crippen LogP contribution in [0.5, 0.6) is 5.75 Å². The molecule has 1 unspecified atom stereocenters.